The Balaban J connectivity index is 2.11. The molecule has 0 saturated heterocycles. The largest absolute Gasteiger partial charge is 0.497 e. The van der Waals surface area contributed by atoms with Crippen LogP contribution in [0.3, 0.4) is 0 Å². The van der Waals surface area contributed by atoms with Gasteiger partial charge in [0.1, 0.15) is 11.5 Å². The Bertz CT molecular complexity index is 740. The van der Waals surface area contributed by atoms with Crippen LogP contribution in [0.5, 0.6) is 11.5 Å². The van der Waals surface area contributed by atoms with Gasteiger partial charge in [0.05, 0.1) is 19.8 Å². The van der Waals surface area contributed by atoms with Crippen LogP contribution >= 0.6 is 15.9 Å². The Morgan fingerprint density at radius 3 is 2.12 bits per heavy atom. The lowest BCUT2D eigenvalue weighted by Crippen LogP contribution is -2.24. The summed E-state index contributed by atoms with van der Waals surface area (Å²) in [6.45, 7) is 1.54. The average molecular weight is 393 g/mol. The summed E-state index contributed by atoms with van der Waals surface area (Å²) in [7, 11) is 3.06. The molecular formula is C18H17BrO5. The van der Waals surface area contributed by atoms with Crippen LogP contribution in [-0.2, 0) is 4.74 Å². The van der Waals surface area contributed by atoms with Crippen molar-refractivity contribution in [1.82, 2.24) is 0 Å². The fraction of sp³-hybridized carbons (Fsp3) is 0.222. The Morgan fingerprint density at radius 2 is 1.54 bits per heavy atom. The molecule has 24 heavy (non-hydrogen) atoms. The zero-order valence-corrected chi connectivity index (χ0v) is 15.1. The van der Waals surface area contributed by atoms with Gasteiger partial charge < -0.3 is 14.2 Å². The predicted molar refractivity (Wildman–Crippen MR) is 92.9 cm³/mol. The van der Waals surface area contributed by atoms with Gasteiger partial charge in [0.15, 0.2) is 6.10 Å². The maximum absolute atomic E-state index is 12.4. The Morgan fingerprint density at radius 1 is 0.958 bits per heavy atom. The van der Waals surface area contributed by atoms with E-state index in [1.807, 2.05) is 0 Å². The molecule has 0 radical (unpaired) electrons. The van der Waals surface area contributed by atoms with Crippen LogP contribution in [0, 0.1) is 0 Å². The number of benzene rings is 2. The van der Waals surface area contributed by atoms with E-state index in [0.29, 0.717) is 27.1 Å². The molecule has 0 fully saturated rings. The highest BCUT2D eigenvalue weighted by Gasteiger charge is 2.22. The number of carbonyl (C=O) groups excluding carboxylic acids is 2. The first-order valence-electron chi connectivity index (χ1n) is 7.19. The van der Waals surface area contributed by atoms with Crippen LogP contribution in [0.15, 0.2) is 46.9 Å². The van der Waals surface area contributed by atoms with E-state index in [4.69, 9.17) is 14.2 Å². The van der Waals surface area contributed by atoms with Gasteiger partial charge in [-0.3, -0.25) is 4.79 Å². The minimum Gasteiger partial charge on any atom is -0.497 e. The summed E-state index contributed by atoms with van der Waals surface area (Å²) < 4.78 is 16.0. The van der Waals surface area contributed by atoms with Gasteiger partial charge in [0.2, 0.25) is 5.78 Å². The van der Waals surface area contributed by atoms with Gasteiger partial charge in [-0.15, -0.1) is 0 Å². The first-order valence-corrected chi connectivity index (χ1v) is 7.98. The highest BCUT2D eigenvalue weighted by atomic mass is 79.9. The molecule has 0 bridgehead atoms. The highest BCUT2D eigenvalue weighted by Crippen LogP contribution is 2.24. The predicted octanol–water partition coefficient (Wildman–Crippen LogP) is 3.89. The van der Waals surface area contributed by atoms with E-state index in [2.05, 4.69) is 15.9 Å². The van der Waals surface area contributed by atoms with Gasteiger partial charge in [-0.1, -0.05) is 0 Å². The molecule has 126 valence electrons. The monoisotopic (exact) mass is 392 g/mol. The number of esters is 1. The minimum absolute atomic E-state index is 0.287. The zero-order chi connectivity index (χ0) is 17.7. The van der Waals surface area contributed by atoms with Crippen LogP contribution in [-0.4, -0.2) is 32.1 Å². The van der Waals surface area contributed by atoms with Crippen LogP contribution in [0.4, 0.5) is 0 Å². The molecule has 0 aromatic heterocycles. The van der Waals surface area contributed by atoms with Gasteiger partial charge in [-0.25, -0.2) is 4.79 Å². The molecular weight excluding hydrogens is 376 g/mol. The van der Waals surface area contributed by atoms with E-state index < -0.39 is 12.1 Å². The molecule has 1 atom stereocenters. The highest BCUT2D eigenvalue weighted by molar-refractivity contribution is 9.10. The van der Waals surface area contributed by atoms with Crippen LogP contribution < -0.4 is 9.47 Å². The third-order valence-corrected chi connectivity index (χ3v) is 4.11. The SMILES string of the molecule is COc1ccc(C(=O)[C@H](C)OC(=O)c2cc(OC)ccc2Br)cc1. The molecule has 0 unspecified atom stereocenters. The molecule has 2 aromatic rings. The summed E-state index contributed by atoms with van der Waals surface area (Å²) in [4.78, 5) is 24.7. The van der Waals surface area contributed by atoms with Crippen LogP contribution in [0.25, 0.3) is 0 Å². The number of Topliss-reactive ketones (excluding diaryl/α,β-unsaturated/α-hetero) is 1. The lowest BCUT2D eigenvalue weighted by Gasteiger charge is -2.14. The molecule has 0 aliphatic carbocycles. The molecule has 2 aromatic carbocycles. The average Bonchev–Trinajstić information content (AvgIpc) is 2.61. The summed E-state index contributed by atoms with van der Waals surface area (Å²) in [6, 6.07) is 11.6. The normalized spacial score (nSPS) is 11.5. The van der Waals surface area contributed by atoms with Gasteiger partial charge in [0.25, 0.3) is 0 Å². The fourth-order valence-electron chi connectivity index (χ4n) is 2.06. The maximum atomic E-state index is 12.4. The summed E-state index contributed by atoms with van der Waals surface area (Å²) in [5.74, 6) is 0.288. The third kappa shape index (κ3) is 4.14. The van der Waals surface area contributed by atoms with Crippen molar-refractivity contribution < 1.29 is 23.8 Å². The number of carbonyl (C=O) groups is 2. The van der Waals surface area contributed by atoms with Gasteiger partial charge >= 0.3 is 5.97 Å². The molecule has 0 aliphatic rings. The van der Waals surface area contributed by atoms with Gasteiger partial charge in [-0.2, -0.15) is 0 Å². The van der Waals surface area contributed by atoms with E-state index in [1.54, 1.807) is 56.5 Å². The lowest BCUT2D eigenvalue weighted by molar-refractivity contribution is 0.0317. The van der Waals surface area contributed by atoms with Crippen molar-refractivity contribution in [2.75, 3.05) is 14.2 Å². The molecule has 0 amide bonds. The molecule has 0 heterocycles. The number of hydrogen-bond donors (Lipinski definition) is 0. The summed E-state index contributed by atoms with van der Waals surface area (Å²) in [5.41, 5.74) is 0.740. The fourth-order valence-corrected chi connectivity index (χ4v) is 2.46. The molecule has 0 N–H and O–H groups in total. The van der Waals surface area contributed by atoms with Crippen molar-refractivity contribution in [3.63, 3.8) is 0 Å². The minimum atomic E-state index is -0.913. The first-order chi connectivity index (χ1) is 11.5. The number of rotatable bonds is 6. The molecule has 2 rings (SSSR count). The number of methoxy groups -OCH3 is 2. The topological polar surface area (TPSA) is 61.8 Å². The lowest BCUT2D eigenvalue weighted by atomic mass is 10.1. The van der Waals surface area contributed by atoms with E-state index in [9.17, 15) is 9.59 Å². The molecule has 0 saturated carbocycles. The van der Waals surface area contributed by atoms with Crippen molar-refractivity contribution in [3.05, 3.63) is 58.1 Å². The standard InChI is InChI=1S/C18H17BrO5/c1-11(17(20)12-4-6-13(22-2)7-5-12)24-18(21)15-10-14(23-3)8-9-16(15)19/h4-11H,1-3H3/t11-/m0/s1. The van der Waals surface area contributed by atoms with Crippen molar-refractivity contribution in [2.24, 2.45) is 0 Å². The maximum Gasteiger partial charge on any atom is 0.340 e. The molecule has 5 nitrogen and oxygen atoms in total. The zero-order valence-electron chi connectivity index (χ0n) is 13.5. The Kier molecular flexibility index (Phi) is 5.98. The third-order valence-electron chi connectivity index (χ3n) is 3.42. The van der Waals surface area contributed by atoms with Gasteiger partial charge in [0, 0.05) is 10.0 Å². The summed E-state index contributed by atoms with van der Waals surface area (Å²) in [5, 5.41) is 0. The second-order valence-electron chi connectivity index (χ2n) is 4.99. The second-order valence-corrected chi connectivity index (χ2v) is 5.84. The van der Waals surface area contributed by atoms with Crippen LogP contribution in [0.1, 0.15) is 27.6 Å². The number of hydrogen-bond acceptors (Lipinski definition) is 5. The second kappa shape index (κ2) is 7.97. The van der Waals surface area contributed by atoms with Crippen molar-refractivity contribution in [2.45, 2.75) is 13.0 Å². The Hall–Kier alpha value is -2.34. The Labute approximate surface area is 148 Å². The quantitative estimate of drug-likeness (QED) is 0.551. The van der Waals surface area contributed by atoms with E-state index >= 15 is 0 Å². The van der Waals surface area contributed by atoms with E-state index in [1.165, 1.54) is 7.11 Å². The number of halogens is 1. The molecule has 6 heteroatoms. The summed E-state index contributed by atoms with van der Waals surface area (Å²) in [6.07, 6.45) is -0.913. The van der Waals surface area contributed by atoms with Crippen LogP contribution in [0.2, 0.25) is 0 Å². The molecule has 0 spiro atoms. The summed E-state index contributed by atoms with van der Waals surface area (Å²) >= 11 is 3.29. The van der Waals surface area contributed by atoms with Crippen molar-refractivity contribution in [3.8, 4) is 11.5 Å². The number of ketones is 1. The smallest absolute Gasteiger partial charge is 0.340 e. The van der Waals surface area contributed by atoms with E-state index in [-0.39, 0.29) is 5.78 Å². The van der Waals surface area contributed by atoms with Gasteiger partial charge in [-0.05, 0) is 65.3 Å². The first kappa shape index (κ1) is 18.0. The molecule has 0 aliphatic heterocycles. The van der Waals surface area contributed by atoms with Crippen molar-refractivity contribution >= 4 is 27.7 Å². The van der Waals surface area contributed by atoms with Crippen molar-refractivity contribution in [1.29, 1.82) is 0 Å². The van der Waals surface area contributed by atoms with E-state index in [0.717, 1.165) is 0 Å². The number of ether oxygens (including phenoxy) is 3.